The van der Waals surface area contributed by atoms with Crippen molar-refractivity contribution in [2.45, 2.75) is 38.8 Å². The third-order valence-electron chi connectivity index (χ3n) is 6.55. The first-order chi connectivity index (χ1) is 16.5. The lowest BCUT2D eigenvalue weighted by atomic mass is 9.94. The summed E-state index contributed by atoms with van der Waals surface area (Å²) in [6, 6.07) is 0.138. The lowest BCUT2D eigenvalue weighted by Crippen LogP contribution is -2.45. The summed E-state index contributed by atoms with van der Waals surface area (Å²) in [5, 5.41) is 15.1. The van der Waals surface area contributed by atoms with Gasteiger partial charge in [-0.3, -0.25) is 10.00 Å². The number of nitrogens with one attached hydrogen (secondary N) is 2. The highest BCUT2D eigenvalue weighted by molar-refractivity contribution is 7.72. The minimum Gasteiger partial charge on any atom is -0.472 e. The summed E-state index contributed by atoms with van der Waals surface area (Å²) in [6.07, 6.45) is 6.72. The number of likely N-dealkylation sites (tertiary alicyclic amines) is 1. The minimum absolute atomic E-state index is 0.0238. The number of thiol groups is 1. The van der Waals surface area contributed by atoms with Gasteiger partial charge in [0, 0.05) is 43.2 Å². The Morgan fingerprint density at radius 3 is 2.88 bits per heavy atom. The van der Waals surface area contributed by atoms with Crippen LogP contribution in [0.25, 0.3) is 16.9 Å². The molecule has 2 saturated heterocycles. The molecule has 0 radical (unpaired) electrons. The summed E-state index contributed by atoms with van der Waals surface area (Å²) in [4.78, 5) is 11.2. The number of H-pyrrole nitrogens is 1. The van der Waals surface area contributed by atoms with Crippen molar-refractivity contribution in [3.63, 3.8) is 0 Å². The second-order valence-electron chi connectivity index (χ2n) is 9.17. The van der Waals surface area contributed by atoms with E-state index >= 15 is 0 Å². The molecule has 3 aromatic heterocycles. The van der Waals surface area contributed by atoms with E-state index in [1.165, 1.54) is 0 Å². The molecule has 4 atom stereocenters. The molecule has 0 aromatic carbocycles. The van der Waals surface area contributed by atoms with Crippen LogP contribution >= 0.6 is 0 Å². The average molecular weight is 491 g/mol. The van der Waals surface area contributed by atoms with Gasteiger partial charge in [-0.2, -0.15) is 14.6 Å². The van der Waals surface area contributed by atoms with E-state index in [4.69, 9.17) is 14.6 Å². The van der Waals surface area contributed by atoms with Crippen molar-refractivity contribution in [2.75, 3.05) is 37.5 Å². The molecular formula is C21H30N8O4S. The maximum Gasteiger partial charge on any atom is 0.244 e. The van der Waals surface area contributed by atoms with Crippen LogP contribution in [0.4, 0.5) is 5.95 Å². The zero-order valence-corrected chi connectivity index (χ0v) is 20.1. The zero-order valence-electron chi connectivity index (χ0n) is 19.3. The van der Waals surface area contributed by atoms with Gasteiger partial charge >= 0.3 is 0 Å². The van der Waals surface area contributed by atoms with E-state index < -0.39 is 10.7 Å². The van der Waals surface area contributed by atoms with E-state index in [0.29, 0.717) is 49.5 Å². The first kappa shape index (κ1) is 23.0. The van der Waals surface area contributed by atoms with E-state index in [9.17, 15) is 8.42 Å². The van der Waals surface area contributed by atoms with Crippen LogP contribution in [0.5, 0.6) is 5.88 Å². The van der Waals surface area contributed by atoms with Crippen LogP contribution in [-0.2, 0) is 15.4 Å². The van der Waals surface area contributed by atoms with E-state index in [2.05, 4.69) is 39.3 Å². The SMILES string of the molecule is CC1COCCC1Oc1c(-c2cn[nH]c2)ncc2nc(N[C@H]3CCN(C[SH](=O)=O)C[C@H]3C)nn12. The van der Waals surface area contributed by atoms with Crippen LogP contribution in [0.3, 0.4) is 0 Å². The van der Waals surface area contributed by atoms with E-state index in [0.717, 1.165) is 18.4 Å². The molecule has 2 fully saturated rings. The second kappa shape index (κ2) is 9.84. The number of piperidine rings is 1. The Bertz CT molecular complexity index is 1190. The second-order valence-corrected chi connectivity index (χ2v) is 10.1. The fourth-order valence-corrected chi connectivity index (χ4v) is 5.25. The van der Waals surface area contributed by atoms with Crippen LogP contribution in [0.15, 0.2) is 18.6 Å². The van der Waals surface area contributed by atoms with Gasteiger partial charge in [0.1, 0.15) is 11.8 Å². The Labute approximate surface area is 199 Å². The Morgan fingerprint density at radius 1 is 1.26 bits per heavy atom. The molecule has 0 amide bonds. The number of fused-ring (bicyclic) bond motifs is 1. The van der Waals surface area contributed by atoms with Gasteiger partial charge in [0.15, 0.2) is 16.4 Å². The van der Waals surface area contributed by atoms with Gasteiger partial charge in [0.05, 0.1) is 31.5 Å². The smallest absolute Gasteiger partial charge is 0.244 e. The predicted octanol–water partition coefficient (Wildman–Crippen LogP) is 1.01. The minimum atomic E-state index is -2.41. The van der Waals surface area contributed by atoms with Gasteiger partial charge in [-0.15, -0.1) is 5.10 Å². The maximum absolute atomic E-state index is 11.1. The van der Waals surface area contributed by atoms with Gasteiger partial charge in [0.25, 0.3) is 0 Å². The lowest BCUT2D eigenvalue weighted by molar-refractivity contribution is -0.0187. The number of hydrogen-bond acceptors (Lipinski definition) is 10. The highest BCUT2D eigenvalue weighted by atomic mass is 32.2. The first-order valence-electron chi connectivity index (χ1n) is 11.6. The van der Waals surface area contributed by atoms with Crippen molar-refractivity contribution >= 4 is 22.3 Å². The summed E-state index contributed by atoms with van der Waals surface area (Å²) in [6.45, 7) is 6.94. The molecule has 3 aromatic rings. The highest BCUT2D eigenvalue weighted by Gasteiger charge is 2.29. The van der Waals surface area contributed by atoms with Crippen LogP contribution in [0, 0.1) is 11.8 Å². The molecule has 184 valence electrons. The molecule has 0 bridgehead atoms. The molecule has 5 rings (SSSR count). The number of hydrogen-bond donors (Lipinski definition) is 3. The molecule has 12 nitrogen and oxygen atoms in total. The Balaban J connectivity index is 1.42. The van der Waals surface area contributed by atoms with Gasteiger partial charge in [-0.25, -0.2) is 13.4 Å². The standard InChI is InChI=1S/C21H30N8O4S/c1-13-10-28(12-34(30)31)5-3-16(13)25-21-26-18-9-22-19(15-7-23-24-8-15)20(29(18)27-21)33-17-4-6-32-11-14(17)2/h7-9,13-14,16-17,34H,3-6,10-12H2,1-2H3,(H,23,24)(H,25,27)/t13-,14?,16+,17?/m1/s1. The van der Waals surface area contributed by atoms with Crippen LogP contribution in [0.1, 0.15) is 26.7 Å². The molecule has 13 heteroatoms. The third kappa shape index (κ3) is 4.86. The van der Waals surface area contributed by atoms with Crippen LogP contribution < -0.4 is 10.1 Å². The number of ether oxygens (including phenoxy) is 2. The monoisotopic (exact) mass is 490 g/mol. The number of rotatable bonds is 7. The molecule has 5 heterocycles. The largest absolute Gasteiger partial charge is 0.472 e. The van der Waals surface area contributed by atoms with Gasteiger partial charge in [0.2, 0.25) is 11.8 Å². The average Bonchev–Trinajstić information content (AvgIpc) is 3.47. The number of anilines is 1. The zero-order chi connectivity index (χ0) is 23.7. The van der Waals surface area contributed by atoms with Crippen molar-refractivity contribution in [1.82, 2.24) is 34.7 Å². The molecule has 2 N–H and O–H groups in total. The molecule has 2 aliphatic heterocycles. The van der Waals surface area contributed by atoms with Crippen molar-refractivity contribution in [1.29, 1.82) is 0 Å². The van der Waals surface area contributed by atoms with Gasteiger partial charge < -0.3 is 14.8 Å². The van der Waals surface area contributed by atoms with E-state index in [1.54, 1.807) is 23.1 Å². The molecule has 0 aliphatic carbocycles. The summed E-state index contributed by atoms with van der Waals surface area (Å²) < 4.78 is 35.9. The summed E-state index contributed by atoms with van der Waals surface area (Å²) in [5.41, 5.74) is 2.03. The predicted molar refractivity (Wildman–Crippen MR) is 125 cm³/mol. The maximum atomic E-state index is 11.1. The molecule has 34 heavy (non-hydrogen) atoms. The van der Waals surface area contributed by atoms with Crippen molar-refractivity contribution in [2.24, 2.45) is 11.8 Å². The fraction of sp³-hybridized carbons (Fsp3) is 0.619. The third-order valence-corrected chi connectivity index (χ3v) is 7.18. The van der Waals surface area contributed by atoms with Gasteiger partial charge in [-0.05, 0) is 12.3 Å². The molecule has 2 unspecified atom stereocenters. The van der Waals surface area contributed by atoms with Crippen molar-refractivity contribution in [3.8, 4) is 17.1 Å². The molecule has 0 saturated carbocycles. The fourth-order valence-electron chi connectivity index (χ4n) is 4.66. The number of aromatic amines is 1. The van der Waals surface area contributed by atoms with E-state index in [1.807, 2.05) is 4.90 Å². The Hall–Kier alpha value is -2.77. The first-order valence-corrected chi connectivity index (χ1v) is 12.9. The number of nitrogens with zero attached hydrogens (tertiary/aromatic N) is 6. The lowest BCUT2D eigenvalue weighted by Gasteiger charge is -2.35. The molecule has 2 aliphatic rings. The van der Waals surface area contributed by atoms with Gasteiger partial charge in [-0.1, -0.05) is 13.8 Å². The Kier molecular flexibility index (Phi) is 6.66. The normalized spacial score (nSPS) is 26.2. The summed E-state index contributed by atoms with van der Waals surface area (Å²) in [5.74, 6) is 1.61. The molecular weight excluding hydrogens is 460 g/mol. The van der Waals surface area contributed by atoms with Crippen molar-refractivity contribution < 1.29 is 17.9 Å². The van der Waals surface area contributed by atoms with Crippen molar-refractivity contribution in [3.05, 3.63) is 18.6 Å². The van der Waals surface area contributed by atoms with Crippen LogP contribution in [0.2, 0.25) is 0 Å². The highest BCUT2D eigenvalue weighted by Crippen LogP contribution is 2.31. The summed E-state index contributed by atoms with van der Waals surface area (Å²) >= 11 is 0. The van der Waals surface area contributed by atoms with Crippen LogP contribution in [-0.4, -0.2) is 87.4 Å². The Morgan fingerprint density at radius 2 is 2.15 bits per heavy atom. The summed E-state index contributed by atoms with van der Waals surface area (Å²) in [7, 11) is -2.41. The number of aromatic nitrogens is 6. The molecule has 0 spiro atoms. The topological polar surface area (TPSA) is 140 Å². The quantitative estimate of drug-likeness (QED) is 0.411. The van der Waals surface area contributed by atoms with E-state index in [-0.39, 0.29) is 29.9 Å².